The summed E-state index contributed by atoms with van der Waals surface area (Å²) in [4.78, 5) is 2.29. The van der Waals surface area contributed by atoms with Gasteiger partial charge in [-0.1, -0.05) is 29.8 Å². The maximum absolute atomic E-state index is 10.1. The zero-order chi connectivity index (χ0) is 12.3. The largest absolute Gasteiger partial charge is 0.387 e. The van der Waals surface area contributed by atoms with E-state index in [1.807, 2.05) is 24.3 Å². The van der Waals surface area contributed by atoms with Crippen LogP contribution in [0.25, 0.3) is 0 Å². The van der Waals surface area contributed by atoms with Gasteiger partial charge in [-0.2, -0.15) is 0 Å². The molecule has 2 rings (SSSR count). The molecule has 0 aliphatic carbocycles. The molecule has 1 aromatic carbocycles. The number of nitrogens with one attached hydrogen (secondary N) is 1. The van der Waals surface area contributed by atoms with Crippen molar-refractivity contribution < 1.29 is 5.11 Å². The molecule has 1 aliphatic rings. The van der Waals surface area contributed by atoms with Crippen molar-refractivity contribution in [3.63, 3.8) is 0 Å². The van der Waals surface area contributed by atoms with Gasteiger partial charge in [0.15, 0.2) is 0 Å². The average molecular weight is 255 g/mol. The van der Waals surface area contributed by atoms with E-state index in [0.29, 0.717) is 17.6 Å². The zero-order valence-electron chi connectivity index (χ0n) is 10.1. The van der Waals surface area contributed by atoms with Crippen LogP contribution in [0.3, 0.4) is 0 Å². The number of aliphatic hydroxyl groups excluding tert-OH is 1. The van der Waals surface area contributed by atoms with Gasteiger partial charge in [0, 0.05) is 29.7 Å². The Morgan fingerprint density at radius 3 is 2.94 bits per heavy atom. The first-order valence-corrected chi connectivity index (χ1v) is 6.39. The second-order valence-corrected chi connectivity index (χ2v) is 5.10. The summed E-state index contributed by atoms with van der Waals surface area (Å²) >= 11 is 6.04. The zero-order valence-corrected chi connectivity index (χ0v) is 10.8. The van der Waals surface area contributed by atoms with Crippen LogP contribution in [-0.4, -0.2) is 42.7 Å². The Balaban J connectivity index is 1.85. The van der Waals surface area contributed by atoms with Gasteiger partial charge in [-0.3, -0.25) is 0 Å². The summed E-state index contributed by atoms with van der Waals surface area (Å²) in [6.07, 6.45) is 0.612. The van der Waals surface area contributed by atoms with Crippen molar-refractivity contribution in [1.82, 2.24) is 10.2 Å². The topological polar surface area (TPSA) is 35.5 Å². The first-order chi connectivity index (χ1) is 8.16. The summed E-state index contributed by atoms with van der Waals surface area (Å²) < 4.78 is 0. The molecule has 2 unspecified atom stereocenters. The predicted octanol–water partition coefficient (Wildman–Crippen LogP) is 1.67. The molecule has 0 spiro atoms. The van der Waals surface area contributed by atoms with Crippen LogP contribution in [0, 0.1) is 0 Å². The summed E-state index contributed by atoms with van der Waals surface area (Å²) in [5, 5.41) is 14.1. The number of hydrogen-bond acceptors (Lipinski definition) is 3. The third-order valence-electron chi connectivity index (χ3n) is 3.26. The lowest BCUT2D eigenvalue weighted by atomic mass is 10.1. The second-order valence-electron chi connectivity index (χ2n) is 4.69. The Morgan fingerprint density at radius 2 is 2.29 bits per heavy atom. The van der Waals surface area contributed by atoms with Crippen LogP contribution in [0.1, 0.15) is 18.1 Å². The van der Waals surface area contributed by atoms with E-state index in [1.54, 1.807) is 0 Å². The fourth-order valence-electron chi connectivity index (χ4n) is 2.24. The molecule has 0 amide bonds. The van der Waals surface area contributed by atoms with E-state index in [-0.39, 0.29) is 0 Å². The first kappa shape index (κ1) is 12.8. The van der Waals surface area contributed by atoms with Gasteiger partial charge in [0.2, 0.25) is 0 Å². The van der Waals surface area contributed by atoms with Crippen LogP contribution in [-0.2, 0) is 0 Å². The van der Waals surface area contributed by atoms with Gasteiger partial charge in [-0.05, 0) is 26.1 Å². The number of aliphatic hydroxyl groups is 1. The van der Waals surface area contributed by atoms with Gasteiger partial charge in [0.1, 0.15) is 0 Å². The smallest absolute Gasteiger partial charge is 0.0928 e. The van der Waals surface area contributed by atoms with Crippen molar-refractivity contribution in [2.75, 3.05) is 26.7 Å². The lowest BCUT2D eigenvalue weighted by Crippen LogP contribution is -2.34. The van der Waals surface area contributed by atoms with Crippen LogP contribution in [0.5, 0.6) is 0 Å². The van der Waals surface area contributed by atoms with Gasteiger partial charge < -0.3 is 15.3 Å². The predicted molar refractivity (Wildman–Crippen MR) is 70.3 cm³/mol. The van der Waals surface area contributed by atoms with Gasteiger partial charge in [-0.25, -0.2) is 0 Å². The van der Waals surface area contributed by atoms with Crippen molar-refractivity contribution >= 4 is 11.6 Å². The summed E-state index contributed by atoms with van der Waals surface area (Å²) in [7, 11) is 2.12. The molecule has 1 heterocycles. The highest BCUT2D eigenvalue weighted by atomic mass is 35.5. The molecule has 0 aromatic heterocycles. The van der Waals surface area contributed by atoms with Gasteiger partial charge in [0.25, 0.3) is 0 Å². The van der Waals surface area contributed by atoms with Gasteiger partial charge >= 0.3 is 0 Å². The fraction of sp³-hybridized carbons (Fsp3) is 0.538. The average Bonchev–Trinajstić information content (AvgIpc) is 2.73. The van der Waals surface area contributed by atoms with Crippen molar-refractivity contribution in [2.45, 2.75) is 18.6 Å². The third-order valence-corrected chi connectivity index (χ3v) is 3.60. The Morgan fingerprint density at radius 1 is 1.53 bits per heavy atom. The molecule has 94 valence electrons. The molecule has 2 N–H and O–H groups in total. The summed E-state index contributed by atoms with van der Waals surface area (Å²) in [6, 6.07) is 7.93. The van der Waals surface area contributed by atoms with Crippen LogP contribution < -0.4 is 5.32 Å². The van der Waals surface area contributed by atoms with Crippen LogP contribution >= 0.6 is 11.6 Å². The first-order valence-electron chi connectivity index (χ1n) is 6.01. The molecule has 1 fully saturated rings. The maximum atomic E-state index is 10.1. The van der Waals surface area contributed by atoms with E-state index < -0.39 is 6.10 Å². The van der Waals surface area contributed by atoms with Crippen molar-refractivity contribution in [3.8, 4) is 0 Å². The van der Waals surface area contributed by atoms with Crippen LogP contribution in [0.15, 0.2) is 24.3 Å². The van der Waals surface area contributed by atoms with Crippen molar-refractivity contribution in [3.05, 3.63) is 34.9 Å². The molecule has 1 saturated heterocycles. The SMILES string of the molecule is CN1CCC(NCC(O)c2ccccc2Cl)C1. The highest BCUT2D eigenvalue weighted by Crippen LogP contribution is 2.22. The highest BCUT2D eigenvalue weighted by molar-refractivity contribution is 6.31. The molecule has 0 bridgehead atoms. The number of hydrogen-bond donors (Lipinski definition) is 2. The normalized spacial score (nSPS) is 22.9. The number of likely N-dealkylation sites (N-methyl/N-ethyl adjacent to an activating group) is 1. The van der Waals surface area contributed by atoms with E-state index in [4.69, 9.17) is 11.6 Å². The third kappa shape index (κ3) is 3.42. The Labute approximate surface area is 107 Å². The second kappa shape index (κ2) is 5.83. The molecule has 0 saturated carbocycles. The van der Waals surface area contributed by atoms with E-state index in [9.17, 15) is 5.11 Å². The fourth-order valence-corrected chi connectivity index (χ4v) is 2.50. The molecule has 4 heteroatoms. The Kier molecular flexibility index (Phi) is 4.40. The molecular weight excluding hydrogens is 236 g/mol. The van der Waals surface area contributed by atoms with E-state index in [1.165, 1.54) is 0 Å². The number of nitrogens with zero attached hydrogens (tertiary/aromatic N) is 1. The summed E-state index contributed by atoms with van der Waals surface area (Å²) in [5.41, 5.74) is 0.799. The summed E-state index contributed by atoms with van der Waals surface area (Å²) in [5.74, 6) is 0. The maximum Gasteiger partial charge on any atom is 0.0928 e. The van der Waals surface area contributed by atoms with Gasteiger partial charge in [0.05, 0.1) is 6.10 Å². The lowest BCUT2D eigenvalue weighted by molar-refractivity contribution is 0.170. The standard InChI is InChI=1S/C13H19ClN2O/c1-16-7-6-10(9-16)15-8-13(17)11-4-2-3-5-12(11)14/h2-5,10,13,15,17H,6-9H2,1H3. The molecule has 17 heavy (non-hydrogen) atoms. The minimum absolute atomic E-state index is 0.483. The quantitative estimate of drug-likeness (QED) is 0.858. The van der Waals surface area contributed by atoms with Crippen LogP contribution in [0.2, 0.25) is 5.02 Å². The van der Waals surface area contributed by atoms with Gasteiger partial charge in [-0.15, -0.1) is 0 Å². The van der Waals surface area contributed by atoms with E-state index in [2.05, 4.69) is 17.3 Å². The number of benzene rings is 1. The summed E-state index contributed by atoms with van der Waals surface area (Å²) in [6.45, 7) is 2.73. The number of likely N-dealkylation sites (tertiary alicyclic amines) is 1. The molecule has 1 aliphatic heterocycles. The minimum Gasteiger partial charge on any atom is -0.387 e. The highest BCUT2D eigenvalue weighted by Gasteiger charge is 2.20. The van der Waals surface area contributed by atoms with Crippen LogP contribution in [0.4, 0.5) is 0 Å². The van der Waals surface area contributed by atoms with Crippen molar-refractivity contribution in [2.24, 2.45) is 0 Å². The monoisotopic (exact) mass is 254 g/mol. The minimum atomic E-state index is -0.533. The Hall–Kier alpha value is -0.610. The van der Waals surface area contributed by atoms with E-state index in [0.717, 1.165) is 25.1 Å². The molecule has 1 aromatic rings. The number of rotatable bonds is 4. The molecule has 3 nitrogen and oxygen atoms in total. The lowest BCUT2D eigenvalue weighted by Gasteiger charge is -2.17. The molecule has 2 atom stereocenters. The van der Waals surface area contributed by atoms with E-state index >= 15 is 0 Å². The molecular formula is C13H19ClN2O. The molecule has 0 radical (unpaired) electrons. The Bertz CT molecular complexity index is 372. The van der Waals surface area contributed by atoms with Crippen molar-refractivity contribution in [1.29, 1.82) is 0 Å². The number of halogens is 1.